The zero-order valence-electron chi connectivity index (χ0n) is 9.26. The Kier molecular flexibility index (Phi) is 8.46. The molecule has 0 rings (SSSR count). The molecule has 8 heteroatoms. The molecule has 5 nitrogen and oxygen atoms in total. The lowest BCUT2D eigenvalue weighted by atomic mass is 10.5. The number of hydrogen-bond donors (Lipinski definition) is 2. The minimum atomic E-state index is -5.08. The summed E-state index contributed by atoms with van der Waals surface area (Å²) in [4.78, 5) is 21.1. The minimum Gasteiger partial charge on any atom is -0.475 e. The second-order valence-electron chi connectivity index (χ2n) is 2.85. The second-order valence-corrected chi connectivity index (χ2v) is 2.85. The van der Waals surface area contributed by atoms with Crippen LogP contribution in [0.15, 0.2) is 0 Å². The van der Waals surface area contributed by atoms with E-state index < -0.39 is 12.1 Å². The first-order valence-electron chi connectivity index (χ1n) is 4.29. The van der Waals surface area contributed by atoms with Crippen LogP contribution in [0.4, 0.5) is 13.2 Å². The number of carbonyl (C=O) groups is 2. The Morgan fingerprint density at radius 2 is 1.75 bits per heavy atom. The maximum atomic E-state index is 10.6. The number of alkyl halides is 3. The first kappa shape index (κ1) is 17.1. The van der Waals surface area contributed by atoms with Crippen LogP contribution < -0.4 is 5.32 Å². The first-order chi connectivity index (χ1) is 7.12. The highest BCUT2D eigenvalue weighted by molar-refractivity contribution is 5.73. The van der Waals surface area contributed by atoms with Gasteiger partial charge < -0.3 is 15.3 Å². The molecule has 0 unspecified atom stereocenters. The number of nitrogens with zero attached hydrogens (tertiary/aromatic N) is 1. The molecular weight excluding hydrogens is 229 g/mol. The Bertz CT molecular complexity index is 231. The van der Waals surface area contributed by atoms with E-state index in [0.717, 1.165) is 13.1 Å². The van der Waals surface area contributed by atoms with Gasteiger partial charge in [-0.15, -0.1) is 0 Å². The van der Waals surface area contributed by atoms with E-state index in [1.54, 1.807) is 18.9 Å². The number of aliphatic carboxylic acids is 1. The van der Waals surface area contributed by atoms with Crippen LogP contribution in [0.5, 0.6) is 0 Å². The van der Waals surface area contributed by atoms with Crippen LogP contribution in [-0.2, 0) is 9.59 Å². The summed E-state index contributed by atoms with van der Waals surface area (Å²) in [5, 5.41) is 10.1. The van der Waals surface area contributed by atoms with E-state index in [1.165, 1.54) is 0 Å². The zero-order chi connectivity index (χ0) is 13.4. The topological polar surface area (TPSA) is 69.6 Å². The molecule has 0 aliphatic heterocycles. The first-order valence-corrected chi connectivity index (χ1v) is 4.29. The lowest BCUT2D eigenvalue weighted by Crippen LogP contribution is -2.30. The number of amides is 1. The van der Waals surface area contributed by atoms with Crippen molar-refractivity contribution in [2.45, 2.75) is 13.1 Å². The lowest BCUT2D eigenvalue weighted by Gasteiger charge is -2.13. The monoisotopic (exact) mass is 244 g/mol. The minimum absolute atomic E-state index is 0.116. The summed E-state index contributed by atoms with van der Waals surface area (Å²) in [5.41, 5.74) is 0. The normalized spacial score (nSPS) is 10.1. The van der Waals surface area contributed by atoms with E-state index >= 15 is 0 Å². The van der Waals surface area contributed by atoms with Crippen molar-refractivity contribution >= 4 is 11.9 Å². The van der Waals surface area contributed by atoms with E-state index in [2.05, 4.69) is 5.32 Å². The van der Waals surface area contributed by atoms with Crippen LogP contribution in [0.2, 0.25) is 0 Å². The number of nitrogens with one attached hydrogen (secondary N) is 1. The average Bonchev–Trinajstić information content (AvgIpc) is 2.13. The van der Waals surface area contributed by atoms with Gasteiger partial charge in [0.25, 0.3) is 0 Å². The Morgan fingerprint density at radius 3 is 1.94 bits per heavy atom. The molecule has 0 bridgehead atoms. The molecule has 0 aliphatic carbocycles. The van der Waals surface area contributed by atoms with E-state index in [4.69, 9.17) is 9.90 Å². The molecule has 0 spiro atoms. The number of carbonyl (C=O) groups excluding carboxylic acids is 1. The van der Waals surface area contributed by atoms with Crippen molar-refractivity contribution in [1.82, 2.24) is 10.2 Å². The molecule has 0 aromatic rings. The molecule has 0 saturated carbocycles. The fraction of sp³-hybridized carbons (Fsp3) is 0.750. The third-order valence-electron chi connectivity index (χ3n) is 1.48. The summed E-state index contributed by atoms with van der Waals surface area (Å²) in [7, 11) is 3.66. The Hall–Kier alpha value is -1.31. The molecule has 16 heavy (non-hydrogen) atoms. The summed E-state index contributed by atoms with van der Waals surface area (Å²) in [6.45, 7) is 3.21. The van der Waals surface area contributed by atoms with Crippen molar-refractivity contribution in [2.75, 3.05) is 27.2 Å². The predicted octanol–water partition coefficient (Wildman–Crippen LogP) is 0.317. The number of carboxylic acid groups (broad SMARTS) is 1. The van der Waals surface area contributed by atoms with Gasteiger partial charge in [-0.2, -0.15) is 13.2 Å². The van der Waals surface area contributed by atoms with Crippen LogP contribution in [0.3, 0.4) is 0 Å². The molecule has 0 atom stereocenters. The smallest absolute Gasteiger partial charge is 0.475 e. The summed E-state index contributed by atoms with van der Waals surface area (Å²) in [6, 6.07) is 0. The quantitative estimate of drug-likeness (QED) is 0.750. The van der Waals surface area contributed by atoms with Gasteiger partial charge in [0.15, 0.2) is 0 Å². The van der Waals surface area contributed by atoms with Crippen LogP contribution >= 0.6 is 0 Å². The van der Waals surface area contributed by atoms with Crippen molar-refractivity contribution in [2.24, 2.45) is 0 Å². The van der Waals surface area contributed by atoms with Gasteiger partial charge in [0.1, 0.15) is 0 Å². The molecular formula is C8H15F3N2O3. The number of hydrogen-bond acceptors (Lipinski definition) is 3. The standard InChI is InChI=1S/C6H14N2O.C2HF3O2/c1-6(9)8(3)5-4-7-2;3-2(4,5)1(6)7/h7H,4-5H2,1-3H3;(H,6,7). The largest absolute Gasteiger partial charge is 0.490 e. The van der Waals surface area contributed by atoms with E-state index in [0.29, 0.717) is 0 Å². The molecule has 2 N–H and O–H groups in total. The van der Waals surface area contributed by atoms with Crippen LogP contribution in [0.25, 0.3) is 0 Å². The van der Waals surface area contributed by atoms with E-state index in [1.807, 2.05) is 7.05 Å². The third kappa shape index (κ3) is 10.8. The fourth-order valence-corrected chi connectivity index (χ4v) is 0.437. The number of likely N-dealkylation sites (N-methyl/N-ethyl adjacent to an activating group) is 2. The highest BCUT2D eigenvalue weighted by atomic mass is 19.4. The van der Waals surface area contributed by atoms with Gasteiger partial charge in [-0.1, -0.05) is 0 Å². The number of rotatable bonds is 3. The Morgan fingerprint density at radius 1 is 1.38 bits per heavy atom. The highest BCUT2D eigenvalue weighted by Crippen LogP contribution is 2.13. The Labute approximate surface area is 91.2 Å². The number of halogens is 3. The molecule has 96 valence electrons. The van der Waals surface area contributed by atoms with Crippen LogP contribution in [0.1, 0.15) is 6.92 Å². The van der Waals surface area contributed by atoms with Crippen molar-refractivity contribution in [3.63, 3.8) is 0 Å². The van der Waals surface area contributed by atoms with Crippen molar-refractivity contribution < 1.29 is 27.9 Å². The molecule has 0 fully saturated rings. The number of carboxylic acids is 1. The van der Waals surface area contributed by atoms with Gasteiger partial charge in [-0.05, 0) is 7.05 Å². The van der Waals surface area contributed by atoms with E-state index in [9.17, 15) is 18.0 Å². The maximum Gasteiger partial charge on any atom is 0.490 e. The van der Waals surface area contributed by atoms with Gasteiger partial charge in [-0.25, -0.2) is 4.79 Å². The molecule has 0 aromatic heterocycles. The van der Waals surface area contributed by atoms with Crippen LogP contribution in [-0.4, -0.2) is 55.2 Å². The molecule has 1 amide bonds. The molecule has 0 radical (unpaired) electrons. The van der Waals surface area contributed by atoms with Crippen LogP contribution in [0, 0.1) is 0 Å². The average molecular weight is 244 g/mol. The summed E-state index contributed by atoms with van der Waals surface area (Å²) < 4.78 is 31.7. The molecule has 0 aromatic carbocycles. The molecule has 0 saturated heterocycles. The van der Waals surface area contributed by atoms with Gasteiger partial charge in [-0.3, -0.25) is 4.79 Å². The third-order valence-corrected chi connectivity index (χ3v) is 1.48. The fourth-order valence-electron chi connectivity index (χ4n) is 0.437. The van der Waals surface area contributed by atoms with Crippen molar-refractivity contribution in [3.8, 4) is 0 Å². The SMILES string of the molecule is CNCCN(C)C(C)=O.O=C(O)C(F)(F)F. The lowest BCUT2D eigenvalue weighted by molar-refractivity contribution is -0.192. The van der Waals surface area contributed by atoms with Gasteiger partial charge >= 0.3 is 12.1 Å². The zero-order valence-corrected chi connectivity index (χ0v) is 9.26. The van der Waals surface area contributed by atoms with Gasteiger partial charge in [0, 0.05) is 27.1 Å². The van der Waals surface area contributed by atoms with Gasteiger partial charge in [0.2, 0.25) is 5.91 Å². The predicted molar refractivity (Wildman–Crippen MR) is 50.9 cm³/mol. The maximum absolute atomic E-state index is 10.6. The Balaban J connectivity index is 0. The molecule has 0 heterocycles. The summed E-state index contributed by atoms with van der Waals surface area (Å²) >= 11 is 0. The second kappa shape index (κ2) is 7.91. The van der Waals surface area contributed by atoms with Gasteiger partial charge in [0.05, 0.1) is 0 Å². The van der Waals surface area contributed by atoms with Crippen molar-refractivity contribution in [3.05, 3.63) is 0 Å². The highest BCUT2D eigenvalue weighted by Gasteiger charge is 2.38. The summed E-state index contributed by atoms with van der Waals surface area (Å²) in [6.07, 6.45) is -5.08. The van der Waals surface area contributed by atoms with Crippen molar-refractivity contribution in [1.29, 1.82) is 0 Å². The summed E-state index contributed by atoms with van der Waals surface area (Å²) in [5.74, 6) is -2.64. The molecule has 0 aliphatic rings. The van der Waals surface area contributed by atoms with E-state index in [-0.39, 0.29) is 5.91 Å².